The van der Waals surface area contributed by atoms with Crippen molar-refractivity contribution in [1.29, 1.82) is 0 Å². The van der Waals surface area contributed by atoms with Crippen LogP contribution in [0.15, 0.2) is 23.8 Å². The second-order valence-corrected chi connectivity index (χ2v) is 6.57. The number of aryl methyl sites for hydroxylation is 3. The van der Waals surface area contributed by atoms with E-state index in [-0.39, 0.29) is 0 Å². The molecule has 0 aromatic carbocycles. The zero-order valence-electron chi connectivity index (χ0n) is 12.1. The van der Waals surface area contributed by atoms with Crippen LogP contribution >= 0.6 is 11.3 Å². The van der Waals surface area contributed by atoms with Gasteiger partial charge in [0, 0.05) is 29.9 Å². The standard InChI is InChI=1S/C16H23N3S/c1-13-17-9-11-19(13)10-3-2-8-18-15-5-4-6-16-14(15)7-12-20-16/h7,9,11-12,15,18H,2-6,8,10H2,1H3. The third-order valence-electron chi connectivity index (χ3n) is 4.19. The summed E-state index contributed by atoms with van der Waals surface area (Å²) in [5.74, 6) is 1.12. The zero-order chi connectivity index (χ0) is 13.8. The summed E-state index contributed by atoms with van der Waals surface area (Å²) in [5, 5.41) is 5.98. The van der Waals surface area contributed by atoms with Crippen molar-refractivity contribution in [3.8, 4) is 0 Å². The van der Waals surface area contributed by atoms with Crippen LogP contribution in [0.25, 0.3) is 0 Å². The molecule has 108 valence electrons. The Morgan fingerprint density at radius 1 is 1.45 bits per heavy atom. The Balaban J connectivity index is 1.40. The van der Waals surface area contributed by atoms with E-state index in [4.69, 9.17) is 0 Å². The van der Waals surface area contributed by atoms with Crippen molar-refractivity contribution in [1.82, 2.24) is 14.9 Å². The van der Waals surface area contributed by atoms with E-state index in [0.717, 1.165) is 18.9 Å². The van der Waals surface area contributed by atoms with Crippen LogP contribution in [0.4, 0.5) is 0 Å². The summed E-state index contributed by atoms with van der Waals surface area (Å²) in [6.45, 7) is 4.27. The molecule has 0 radical (unpaired) electrons. The van der Waals surface area contributed by atoms with Gasteiger partial charge in [0.1, 0.15) is 5.82 Å². The number of aromatic nitrogens is 2. The van der Waals surface area contributed by atoms with Crippen LogP contribution in [-0.2, 0) is 13.0 Å². The fraction of sp³-hybridized carbons (Fsp3) is 0.562. The van der Waals surface area contributed by atoms with Gasteiger partial charge in [0.05, 0.1) is 0 Å². The van der Waals surface area contributed by atoms with Gasteiger partial charge in [0.15, 0.2) is 0 Å². The average molecular weight is 289 g/mol. The van der Waals surface area contributed by atoms with Gasteiger partial charge in [-0.15, -0.1) is 11.3 Å². The van der Waals surface area contributed by atoms with Crippen molar-refractivity contribution in [2.75, 3.05) is 6.54 Å². The van der Waals surface area contributed by atoms with Crippen molar-refractivity contribution < 1.29 is 0 Å². The van der Waals surface area contributed by atoms with Gasteiger partial charge in [0.25, 0.3) is 0 Å². The van der Waals surface area contributed by atoms with Gasteiger partial charge in [-0.1, -0.05) is 0 Å². The molecule has 0 amide bonds. The van der Waals surface area contributed by atoms with E-state index in [2.05, 4.69) is 39.4 Å². The molecule has 2 heterocycles. The summed E-state index contributed by atoms with van der Waals surface area (Å²) in [5.41, 5.74) is 1.56. The van der Waals surface area contributed by atoms with Gasteiger partial charge in [-0.2, -0.15) is 0 Å². The third-order valence-corrected chi connectivity index (χ3v) is 5.19. The Hall–Kier alpha value is -1.13. The molecule has 1 N–H and O–H groups in total. The van der Waals surface area contributed by atoms with Crippen molar-refractivity contribution >= 4 is 11.3 Å². The normalized spacial score (nSPS) is 18.1. The highest BCUT2D eigenvalue weighted by Gasteiger charge is 2.20. The lowest BCUT2D eigenvalue weighted by Crippen LogP contribution is -2.25. The minimum absolute atomic E-state index is 0.597. The summed E-state index contributed by atoms with van der Waals surface area (Å²) < 4.78 is 2.23. The molecule has 4 heteroatoms. The molecule has 2 aromatic heterocycles. The van der Waals surface area contributed by atoms with Gasteiger partial charge in [-0.25, -0.2) is 4.98 Å². The van der Waals surface area contributed by atoms with Crippen molar-refractivity contribution in [3.05, 3.63) is 40.1 Å². The van der Waals surface area contributed by atoms with Crippen LogP contribution in [0.5, 0.6) is 0 Å². The van der Waals surface area contributed by atoms with Crippen LogP contribution in [0, 0.1) is 6.92 Å². The molecule has 1 unspecified atom stereocenters. The van der Waals surface area contributed by atoms with E-state index in [0.29, 0.717) is 6.04 Å². The average Bonchev–Trinajstić information content (AvgIpc) is 3.08. The first-order valence-corrected chi connectivity index (χ1v) is 8.50. The lowest BCUT2D eigenvalue weighted by molar-refractivity contribution is 0.449. The lowest BCUT2D eigenvalue weighted by Gasteiger charge is -2.23. The first-order chi connectivity index (χ1) is 9.84. The highest BCUT2D eigenvalue weighted by Crippen LogP contribution is 2.33. The third kappa shape index (κ3) is 3.13. The molecule has 0 saturated heterocycles. The second-order valence-electron chi connectivity index (χ2n) is 5.57. The van der Waals surface area contributed by atoms with E-state index in [1.807, 2.05) is 17.5 Å². The molecule has 0 bridgehead atoms. The molecule has 0 aliphatic heterocycles. The quantitative estimate of drug-likeness (QED) is 0.822. The minimum Gasteiger partial charge on any atom is -0.335 e. The molecule has 1 aliphatic rings. The SMILES string of the molecule is Cc1nccn1CCCCNC1CCCc2sccc21. The summed E-state index contributed by atoms with van der Waals surface area (Å²) in [7, 11) is 0. The Morgan fingerprint density at radius 3 is 3.25 bits per heavy atom. The number of rotatable bonds is 6. The molecular formula is C16H23N3S. The summed E-state index contributed by atoms with van der Waals surface area (Å²) in [4.78, 5) is 5.86. The highest BCUT2D eigenvalue weighted by atomic mass is 32.1. The topological polar surface area (TPSA) is 29.9 Å². The smallest absolute Gasteiger partial charge is 0.105 e. The van der Waals surface area contributed by atoms with E-state index >= 15 is 0 Å². The second kappa shape index (κ2) is 6.55. The largest absolute Gasteiger partial charge is 0.335 e. The number of unbranched alkanes of at least 4 members (excludes halogenated alkanes) is 1. The molecule has 1 aliphatic carbocycles. The van der Waals surface area contributed by atoms with E-state index in [9.17, 15) is 0 Å². The zero-order valence-corrected chi connectivity index (χ0v) is 13.0. The Bertz CT molecular complexity index is 543. The van der Waals surface area contributed by atoms with Crippen molar-refractivity contribution in [3.63, 3.8) is 0 Å². The van der Waals surface area contributed by atoms with Crippen LogP contribution in [0.3, 0.4) is 0 Å². The maximum atomic E-state index is 4.26. The maximum Gasteiger partial charge on any atom is 0.105 e. The fourth-order valence-corrected chi connectivity index (χ4v) is 4.01. The predicted octanol–water partition coefficient (Wildman–Crippen LogP) is 3.70. The molecule has 0 fully saturated rings. The summed E-state index contributed by atoms with van der Waals surface area (Å²) in [6.07, 6.45) is 10.3. The van der Waals surface area contributed by atoms with Gasteiger partial charge in [-0.05, 0) is 62.6 Å². The first-order valence-electron chi connectivity index (χ1n) is 7.62. The van der Waals surface area contributed by atoms with E-state index in [1.54, 1.807) is 10.4 Å². The van der Waals surface area contributed by atoms with Crippen LogP contribution in [0.2, 0.25) is 0 Å². The molecule has 2 aromatic rings. The van der Waals surface area contributed by atoms with Crippen molar-refractivity contribution in [2.45, 2.75) is 51.6 Å². The number of fused-ring (bicyclic) bond motifs is 1. The van der Waals surface area contributed by atoms with Gasteiger partial charge in [0.2, 0.25) is 0 Å². The van der Waals surface area contributed by atoms with Gasteiger partial charge < -0.3 is 9.88 Å². The van der Waals surface area contributed by atoms with Crippen molar-refractivity contribution in [2.24, 2.45) is 0 Å². The molecule has 0 saturated carbocycles. The predicted molar refractivity (Wildman–Crippen MR) is 84.2 cm³/mol. The molecule has 3 nitrogen and oxygen atoms in total. The van der Waals surface area contributed by atoms with E-state index in [1.165, 1.54) is 32.1 Å². The van der Waals surface area contributed by atoms with E-state index < -0.39 is 0 Å². The van der Waals surface area contributed by atoms with Crippen LogP contribution in [-0.4, -0.2) is 16.1 Å². The number of thiophene rings is 1. The van der Waals surface area contributed by atoms with Crippen LogP contribution in [0.1, 0.15) is 48.0 Å². The highest BCUT2D eigenvalue weighted by molar-refractivity contribution is 7.10. The lowest BCUT2D eigenvalue weighted by atomic mass is 9.94. The first kappa shape index (κ1) is 13.8. The fourth-order valence-electron chi connectivity index (χ4n) is 3.02. The molecule has 3 rings (SSSR count). The number of hydrogen-bond acceptors (Lipinski definition) is 3. The number of imidazole rings is 1. The number of hydrogen-bond donors (Lipinski definition) is 1. The Morgan fingerprint density at radius 2 is 2.40 bits per heavy atom. The van der Waals surface area contributed by atoms with Gasteiger partial charge >= 0.3 is 0 Å². The number of nitrogens with zero attached hydrogens (tertiary/aromatic N) is 2. The van der Waals surface area contributed by atoms with Gasteiger partial charge in [-0.3, -0.25) is 0 Å². The summed E-state index contributed by atoms with van der Waals surface area (Å²) in [6, 6.07) is 2.91. The Kier molecular flexibility index (Phi) is 4.53. The molecule has 0 spiro atoms. The van der Waals surface area contributed by atoms with Crippen LogP contribution < -0.4 is 5.32 Å². The maximum absolute atomic E-state index is 4.26. The monoisotopic (exact) mass is 289 g/mol. The number of nitrogens with one attached hydrogen (secondary N) is 1. The minimum atomic E-state index is 0.597. The molecular weight excluding hydrogens is 266 g/mol. The molecule has 1 atom stereocenters. The Labute approximate surface area is 125 Å². The molecule has 20 heavy (non-hydrogen) atoms. The summed E-state index contributed by atoms with van der Waals surface area (Å²) >= 11 is 1.92.